The number of halogens is 1. The molecule has 3 nitrogen and oxygen atoms in total. The van der Waals surface area contributed by atoms with Crippen LogP contribution in [0, 0.1) is 0 Å². The first-order valence-electron chi connectivity index (χ1n) is 4.22. The van der Waals surface area contributed by atoms with Gasteiger partial charge in [0.05, 0.1) is 5.69 Å². The molecular weight excluding hydrogens is 246 g/mol. The summed E-state index contributed by atoms with van der Waals surface area (Å²) in [5.74, 6) is 0.0156. The first-order chi connectivity index (χ1) is 6.69. The fraction of sp³-hybridized carbons (Fsp3) is 0.200. The van der Waals surface area contributed by atoms with Crippen molar-refractivity contribution in [1.29, 1.82) is 0 Å². The minimum atomic E-state index is 0.0156. The van der Waals surface area contributed by atoms with Crippen LogP contribution >= 0.6 is 15.9 Å². The van der Waals surface area contributed by atoms with Crippen LogP contribution in [0.15, 0.2) is 22.7 Å². The average Bonchev–Trinajstić information content (AvgIpc) is 2.17. The van der Waals surface area contributed by atoms with E-state index >= 15 is 0 Å². The predicted octanol–water partition coefficient (Wildman–Crippen LogP) is 2.61. The number of hydrogen-bond donors (Lipinski definition) is 1. The molecule has 0 bridgehead atoms. The van der Waals surface area contributed by atoms with Gasteiger partial charge in [-0.25, -0.2) is 0 Å². The summed E-state index contributed by atoms with van der Waals surface area (Å²) in [6.07, 6.45) is 0.989. The topological polar surface area (TPSA) is 46.2 Å². The molecule has 0 unspecified atom stereocenters. The first-order valence-corrected chi connectivity index (χ1v) is 5.01. The molecule has 1 amide bonds. The number of ketones is 1. The molecule has 4 heteroatoms. The molecule has 0 aliphatic heterocycles. The highest BCUT2D eigenvalue weighted by molar-refractivity contribution is 9.10. The van der Waals surface area contributed by atoms with Gasteiger partial charge in [-0.1, -0.05) is 22.9 Å². The maximum absolute atomic E-state index is 11.4. The van der Waals surface area contributed by atoms with Crippen LogP contribution in [-0.4, -0.2) is 12.2 Å². The van der Waals surface area contributed by atoms with Gasteiger partial charge < -0.3 is 5.32 Å². The number of rotatable bonds is 4. The lowest BCUT2D eigenvalue weighted by atomic mass is 10.1. The quantitative estimate of drug-likeness (QED) is 0.664. The van der Waals surface area contributed by atoms with Gasteiger partial charge in [0.15, 0.2) is 5.78 Å². The number of carbonyl (C=O) groups excluding carboxylic acids is 2. The van der Waals surface area contributed by atoms with Gasteiger partial charge in [-0.2, -0.15) is 0 Å². The van der Waals surface area contributed by atoms with E-state index in [0.717, 1.165) is 4.47 Å². The Kier molecular flexibility index (Phi) is 3.83. The molecule has 0 aliphatic rings. The maximum Gasteiger partial charge on any atom is 0.211 e. The number of carbonyl (C=O) groups is 2. The molecular formula is C10H10BrNO2. The fourth-order valence-electron chi connectivity index (χ4n) is 1.13. The molecule has 0 saturated heterocycles. The van der Waals surface area contributed by atoms with Crippen molar-refractivity contribution in [2.75, 3.05) is 5.32 Å². The van der Waals surface area contributed by atoms with Gasteiger partial charge >= 0.3 is 0 Å². The van der Waals surface area contributed by atoms with E-state index in [4.69, 9.17) is 0 Å². The van der Waals surface area contributed by atoms with E-state index < -0.39 is 0 Å². The Labute approximate surface area is 90.6 Å². The summed E-state index contributed by atoms with van der Waals surface area (Å²) in [4.78, 5) is 21.8. The average molecular weight is 256 g/mol. The van der Waals surface area contributed by atoms with Crippen molar-refractivity contribution in [1.82, 2.24) is 0 Å². The Morgan fingerprint density at radius 3 is 2.86 bits per heavy atom. The zero-order valence-electron chi connectivity index (χ0n) is 7.71. The lowest BCUT2D eigenvalue weighted by molar-refractivity contribution is -0.105. The molecule has 0 saturated carbocycles. The van der Waals surface area contributed by atoms with Gasteiger partial charge in [-0.3, -0.25) is 9.59 Å². The van der Waals surface area contributed by atoms with Crippen LogP contribution in [0.4, 0.5) is 5.69 Å². The first kappa shape index (κ1) is 10.9. The summed E-state index contributed by atoms with van der Waals surface area (Å²) in [6.45, 7) is 1.79. The molecule has 14 heavy (non-hydrogen) atoms. The van der Waals surface area contributed by atoms with Crippen molar-refractivity contribution in [3.63, 3.8) is 0 Å². The zero-order chi connectivity index (χ0) is 10.6. The van der Waals surface area contributed by atoms with Crippen LogP contribution in [-0.2, 0) is 4.79 Å². The number of Topliss-reactive ketones (excluding diaryl/α,β-unsaturated/α-hetero) is 1. The predicted molar refractivity (Wildman–Crippen MR) is 58.5 cm³/mol. The molecule has 0 atom stereocenters. The van der Waals surface area contributed by atoms with Crippen LogP contribution in [0.1, 0.15) is 23.7 Å². The van der Waals surface area contributed by atoms with E-state index in [1.165, 1.54) is 0 Å². The molecule has 0 radical (unpaired) electrons. The Hall–Kier alpha value is -1.16. The van der Waals surface area contributed by atoms with Gasteiger partial charge in [0.2, 0.25) is 6.41 Å². The molecule has 0 heterocycles. The number of nitrogens with one attached hydrogen (secondary N) is 1. The van der Waals surface area contributed by atoms with Gasteiger partial charge in [0.25, 0.3) is 0 Å². The van der Waals surface area contributed by atoms with Crippen LogP contribution in [0.25, 0.3) is 0 Å². The standard InChI is InChI=1S/C10H10BrNO2/c1-2-10(14)8-4-3-7(11)5-9(8)12-6-13/h3-6H,2H2,1H3,(H,12,13). The Morgan fingerprint density at radius 2 is 2.29 bits per heavy atom. The van der Waals surface area contributed by atoms with Crippen LogP contribution < -0.4 is 5.32 Å². The van der Waals surface area contributed by atoms with Crippen molar-refractivity contribution in [2.24, 2.45) is 0 Å². The summed E-state index contributed by atoms with van der Waals surface area (Å²) in [6, 6.07) is 5.18. The molecule has 0 spiro atoms. The van der Waals surface area contributed by atoms with E-state index in [1.54, 1.807) is 25.1 Å². The molecule has 0 fully saturated rings. The number of benzene rings is 1. The van der Waals surface area contributed by atoms with Gasteiger partial charge in [-0.05, 0) is 18.2 Å². The largest absolute Gasteiger partial charge is 0.328 e. The highest BCUT2D eigenvalue weighted by Gasteiger charge is 2.09. The lowest BCUT2D eigenvalue weighted by Crippen LogP contribution is -2.04. The molecule has 0 aliphatic carbocycles. The van der Waals surface area contributed by atoms with E-state index in [-0.39, 0.29) is 5.78 Å². The Balaban J connectivity index is 3.13. The molecule has 0 aromatic heterocycles. The van der Waals surface area contributed by atoms with Gasteiger partial charge in [-0.15, -0.1) is 0 Å². The van der Waals surface area contributed by atoms with Crippen molar-refractivity contribution < 1.29 is 9.59 Å². The third-order valence-corrected chi connectivity index (χ3v) is 2.31. The lowest BCUT2D eigenvalue weighted by Gasteiger charge is -2.06. The minimum Gasteiger partial charge on any atom is -0.328 e. The van der Waals surface area contributed by atoms with Crippen molar-refractivity contribution in [2.45, 2.75) is 13.3 Å². The number of hydrogen-bond acceptors (Lipinski definition) is 2. The second kappa shape index (κ2) is 4.91. The third-order valence-electron chi connectivity index (χ3n) is 1.82. The fourth-order valence-corrected chi connectivity index (χ4v) is 1.49. The zero-order valence-corrected chi connectivity index (χ0v) is 9.30. The monoisotopic (exact) mass is 255 g/mol. The smallest absolute Gasteiger partial charge is 0.211 e. The molecule has 1 rings (SSSR count). The molecule has 1 aromatic rings. The normalized spacial score (nSPS) is 9.57. The summed E-state index contributed by atoms with van der Waals surface area (Å²) < 4.78 is 0.828. The molecule has 1 aromatic carbocycles. The summed E-state index contributed by atoms with van der Waals surface area (Å²) in [5, 5.41) is 2.50. The van der Waals surface area contributed by atoms with E-state index in [1.807, 2.05) is 0 Å². The maximum atomic E-state index is 11.4. The Morgan fingerprint density at radius 1 is 1.57 bits per heavy atom. The highest BCUT2D eigenvalue weighted by Crippen LogP contribution is 2.22. The molecule has 74 valence electrons. The minimum absolute atomic E-state index is 0.0156. The molecule has 1 N–H and O–H groups in total. The van der Waals surface area contributed by atoms with E-state index in [9.17, 15) is 9.59 Å². The summed E-state index contributed by atoms with van der Waals surface area (Å²) >= 11 is 3.27. The van der Waals surface area contributed by atoms with Crippen molar-refractivity contribution in [3.05, 3.63) is 28.2 Å². The number of amides is 1. The SMILES string of the molecule is CCC(=O)c1ccc(Br)cc1NC=O. The van der Waals surface area contributed by atoms with Crippen molar-refractivity contribution >= 4 is 33.8 Å². The number of anilines is 1. The van der Waals surface area contributed by atoms with Crippen LogP contribution in [0.3, 0.4) is 0 Å². The second-order valence-electron chi connectivity index (χ2n) is 2.73. The van der Waals surface area contributed by atoms with Gasteiger partial charge in [0.1, 0.15) is 0 Å². The van der Waals surface area contributed by atoms with Crippen LogP contribution in [0.2, 0.25) is 0 Å². The second-order valence-corrected chi connectivity index (χ2v) is 3.64. The van der Waals surface area contributed by atoms with E-state index in [0.29, 0.717) is 24.1 Å². The summed E-state index contributed by atoms with van der Waals surface area (Å²) in [5.41, 5.74) is 1.09. The van der Waals surface area contributed by atoms with Gasteiger partial charge in [0, 0.05) is 16.5 Å². The van der Waals surface area contributed by atoms with E-state index in [2.05, 4.69) is 21.2 Å². The third kappa shape index (κ3) is 2.42. The van der Waals surface area contributed by atoms with Crippen molar-refractivity contribution in [3.8, 4) is 0 Å². The Bertz CT molecular complexity index is 363. The summed E-state index contributed by atoms with van der Waals surface area (Å²) in [7, 11) is 0. The highest BCUT2D eigenvalue weighted by atomic mass is 79.9. The van der Waals surface area contributed by atoms with Crippen LogP contribution in [0.5, 0.6) is 0 Å².